The molecule has 3 rings (SSSR count). The van der Waals surface area contributed by atoms with Crippen molar-refractivity contribution in [2.24, 2.45) is 0 Å². The summed E-state index contributed by atoms with van der Waals surface area (Å²) in [5, 5.41) is 3.16. The van der Waals surface area contributed by atoms with E-state index in [9.17, 15) is 18.0 Å². The van der Waals surface area contributed by atoms with Crippen molar-refractivity contribution in [1.29, 1.82) is 0 Å². The van der Waals surface area contributed by atoms with Crippen LogP contribution in [0.15, 0.2) is 83.8 Å². The third-order valence-corrected chi connectivity index (χ3v) is 7.94. The monoisotopic (exact) mass is 543 g/mol. The highest BCUT2D eigenvalue weighted by Gasteiger charge is 2.32. The van der Waals surface area contributed by atoms with E-state index in [4.69, 9.17) is 16.3 Å². The number of nitrogens with one attached hydrogen (secondary N) is 1. The van der Waals surface area contributed by atoms with Crippen molar-refractivity contribution in [2.45, 2.75) is 31.3 Å². The third kappa shape index (κ3) is 6.81. The first kappa shape index (κ1) is 28.0. The number of nitrogens with zero attached hydrogens (tertiary/aromatic N) is 2. The molecule has 1 N–H and O–H groups in total. The van der Waals surface area contributed by atoms with Crippen molar-refractivity contribution in [3.05, 3.63) is 89.4 Å². The molecule has 3 aromatic carbocycles. The molecule has 0 aliphatic heterocycles. The molecular formula is C27H30ClN3O5S. The minimum atomic E-state index is -4.12. The van der Waals surface area contributed by atoms with E-state index in [1.54, 1.807) is 80.6 Å². The summed E-state index contributed by atoms with van der Waals surface area (Å²) in [5.41, 5.74) is 0.914. The predicted molar refractivity (Wildman–Crippen MR) is 144 cm³/mol. The number of benzene rings is 3. The van der Waals surface area contributed by atoms with Crippen LogP contribution >= 0.6 is 11.6 Å². The van der Waals surface area contributed by atoms with Gasteiger partial charge in [-0.3, -0.25) is 13.9 Å². The number of anilines is 1. The summed E-state index contributed by atoms with van der Waals surface area (Å²) >= 11 is 6.34. The third-order valence-electron chi connectivity index (χ3n) is 5.79. The molecule has 0 aromatic heterocycles. The second-order valence-electron chi connectivity index (χ2n) is 8.21. The number of carbonyl (C=O) groups excluding carboxylic acids is 2. The van der Waals surface area contributed by atoms with Crippen LogP contribution in [0.3, 0.4) is 0 Å². The van der Waals surface area contributed by atoms with Gasteiger partial charge in [0.1, 0.15) is 18.3 Å². The van der Waals surface area contributed by atoms with Gasteiger partial charge in [0.05, 0.1) is 17.7 Å². The molecule has 37 heavy (non-hydrogen) atoms. The molecule has 196 valence electrons. The number of methoxy groups -OCH3 is 1. The van der Waals surface area contributed by atoms with E-state index < -0.39 is 28.5 Å². The molecule has 0 saturated heterocycles. The Balaban J connectivity index is 2.03. The highest BCUT2D eigenvalue weighted by Crippen LogP contribution is 2.27. The molecule has 2 amide bonds. The van der Waals surface area contributed by atoms with E-state index in [1.807, 2.05) is 0 Å². The minimum absolute atomic E-state index is 0.0264. The Morgan fingerprint density at radius 2 is 1.59 bits per heavy atom. The van der Waals surface area contributed by atoms with Gasteiger partial charge in [0, 0.05) is 18.1 Å². The number of sulfonamides is 1. The van der Waals surface area contributed by atoms with Crippen LogP contribution in [0.5, 0.6) is 5.75 Å². The van der Waals surface area contributed by atoms with Crippen molar-refractivity contribution < 1.29 is 22.7 Å². The highest BCUT2D eigenvalue weighted by atomic mass is 35.5. The fraction of sp³-hybridized carbons (Fsp3) is 0.259. The van der Waals surface area contributed by atoms with Gasteiger partial charge in [-0.25, -0.2) is 8.42 Å². The average molecular weight is 544 g/mol. The largest absolute Gasteiger partial charge is 0.497 e. The van der Waals surface area contributed by atoms with Crippen LogP contribution in [-0.2, 0) is 26.2 Å². The smallest absolute Gasteiger partial charge is 0.264 e. The van der Waals surface area contributed by atoms with Gasteiger partial charge in [-0.15, -0.1) is 0 Å². The van der Waals surface area contributed by atoms with Crippen LogP contribution in [0.2, 0.25) is 5.02 Å². The maximum absolute atomic E-state index is 13.8. The lowest BCUT2D eigenvalue weighted by atomic mass is 10.1. The number of hydrogen-bond acceptors (Lipinski definition) is 5. The number of carbonyl (C=O) groups is 2. The van der Waals surface area contributed by atoms with Gasteiger partial charge < -0.3 is 15.0 Å². The first-order valence-electron chi connectivity index (χ1n) is 11.7. The Morgan fingerprint density at radius 3 is 2.19 bits per heavy atom. The Morgan fingerprint density at radius 1 is 0.973 bits per heavy atom. The quantitative estimate of drug-likeness (QED) is 0.393. The molecule has 0 heterocycles. The summed E-state index contributed by atoms with van der Waals surface area (Å²) in [6, 6.07) is 20.4. The highest BCUT2D eigenvalue weighted by molar-refractivity contribution is 7.92. The minimum Gasteiger partial charge on any atom is -0.497 e. The number of amides is 2. The van der Waals surface area contributed by atoms with Crippen molar-refractivity contribution in [2.75, 3.05) is 24.5 Å². The lowest BCUT2D eigenvalue weighted by Crippen LogP contribution is -2.51. The van der Waals surface area contributed by atoms with E-state index in [1.165, 1.54) is 24.1 Å². The van der Waals surface area contributed by atoms with Crippen LogP contribution in [0.4, 0.5) is 5.69 Å². The lowest BCUT2D eigenvalue weighted by Gasteiger charge is -2.32. The van der Waals surface area contributed by atoms with Crippen molar-refractivity contribution in [3.63, 3.8) is 0 Å². The Hall–Kier alpha value is -3.56. The molecule has 1 atom stereocenters. The Bertz CT molecular complexity index is 1320. The van der Waals surface area contributed by atoms with Gasteiger partial charge >= 0.3 is 0 Å². The topological polar surface area (TPSA) is 96.0 Å². The van der Waals surface area contributed by atoms with Crippen LogP contribution in [0.1, 0.15) is 19.4 Å². The van der Waals surface area contributed by atoms with Crippen LogP contribution < -0.4 is 14.4 Å². The Labute approximate surface area is 222 Å². The van der Waals surface area contributed by atoms with Gasteiger partial charge in [-0.1, -0.05) is 48.0 Å². The Kier molecular flexibility index (Phi) is 9.54. The van der Waals surface area contributed by atoms with E-state index in [-0.39, 0.29) is 23.0 Å². The molecule has 0 saturated carbocycles. The van der Waals surface area contributed by atoms with Gasteiger partial charge in [-0.2, -0.15) is 0 Å². The summed E-state index contributed by atoms with van der Waals surface area (Å²) in [6.45, 7) is 3.26. The summed E-state index contributed by atoms with van der Waals surface area (Å²) in [5.74, 6) is -0.379. The molecular weight excluding hydrogens is 514 g/mol. The summed E-state index contributed by atoms with van der Waals surface area (Å²) in [6.07, 6.45) is 0. The second kappa shape index (κ2) is 12.6. The number of halogens is 1. The zero-order valence-electron chi connectivity index (χ0n) is 20.9. The fourth-order valence-electron chi connectivity index (χ4n) is 3.71. The number of ether oxygens (including phenoxy) is 1. The molecule has 10 heteroatoms. The lowest BCUT2D eigenvalue weighted by molar-refractivity contribution is -0.139. The first-order valence-corrected chi connectivity index (χ1v) is 13.5. The zero-order chi connectivity index (χ0) is 27.0. The maximum Gasteiger partial charge on any atom is 0.264 e. The van der Waals surface area contributed by atoms with E-state index in [0.717, 1.165) is 4.31 Å². The summed E-state index contributed by atoms with van der Waals surface area (Å²) in [7, 11) is -2.61. The summed E-state index contributed by atoms with van der Waals surface area (Å²) < 4.78 is 33.6. The van der Waals surface area contributed by atoms with Crippen LogP contribution in [0, 0.1) is 0 Å². The standard InChI is InChI=1S/C27H30ClN3O5S/c1-4-29-27(33)20(2)30(18-21-10-8-9-13-25(21)28)26(32)19-31(22-14-16-23(36-3)17-15-22)37(34,35)24-11-6-5-7-12-24/h5-17,20H,4,18-19H2,1-3H3,(H,29,33). The van der Waals surface area contributed by atoms with Gasteiger partial charge in [0.15, 0.2) is 0 Å². The molecule has 0 radical (unpaired) electrons. The summed E-state index contributed by atoms with van der Waals surface area (Å²) in [4.78, 5) is 27.9. The molecule has 0 spiro atoms. The van der Waals surface area contributed by atoms with Gasteiger partial charge in [0.2, 0.25) is 11.8 Å². The molecule has 3 aromatic rings. The first-order chi connectivity index (χ1) is 17.7. The molecule has 1 unspecified atom stereocenters. The predicted octanol–water partition coefficient (Wildman–Crippen LogP) is 4.10. The number of likely N-dealkylation sites (N-methyl/N-ethyl adjacent to an activating group) is 1. The molecule has 0 aliphatic carbocycles. The van der Waals surface area contributed by atoms with Crippen molar-refractivity contribution in [1.82, 2.24) is 10.2 Å². The van der Waals surface area contributed by atoms with Crippen LogP contribution in [0.25, 0.3) is 0 Å². The molecule has 8 nitrogen and oxygen atoms in total. The fourth-order valence-corrected chi connectivity index (χ4v) is 5.34. The zero-order valence-corrected chi connectivity index (χ0v) is 22.5. The second-order valence-corrected chi connectivity index (χ2v) is 10.5. The van der Waals surface area contributed by atoms with E-state index in [2.05, 4.69) is 5.32 Å². The van der Waals surface area contributed by atoms with E-state index in [0.29, 0.717) is 22.9 Å². The maximum atomic E-state index is 13.8. The number of rotatable bonds is 11. The molecule has 0 fully saturated rings. The average Bonchev–Trinajstić information content (AvgIpc) is 2.91. The molecule has 0 aliphatic rings. The normalized spacial score (nSPS) is 11.9. The molecule has 0 bridgehead atoms. The van der Waals surface area contributed by atoms with E-state index >= 15 is 0 Å². The van der Waals surface area contributed by atoms with Crippen molar-refractivity contribution >= 4 is 39.1 Å². The number of hydrogen-bond donors (Lipinski definition) is 1. The van der Waals surface area contributed by atoms with Crippen LogP contribution in [-0.4, -0.2) is 51.4 Å². The van der Waals surface area contributed by atoms with Crippen molar-refractivity contribution in [3.8, 4) is 5.75 Å². The van der Waals surface area contributed by atoms with Gasteiger partial charge in [0.25, 0.3) is 10.0 Å². The SMILES string of the molecule is CCNC(=O)C(C)N(Cc1ccccc1Cl)C(=O)CN(c1ccc(OC)cc1)S(=O)(=O)c1ccccc1. The van der Waals surface area contributed by atoms with Gasteiger partial charge in [-0.05, 0) is 61.9 Å².